The Morgan fingerprint density at radius 1 is 1.21 bits per heavy atom. The van der Waals surface area contributed by atoms with Gasteiger partial charge < -0.3 is 4.42 Å². The van der Waals surface area contributed by atoms with Gasteiger partial charge in [-0.25, -0.2) is 0 Å². The lowest BCUT2D eigenvalue weighted by Crippen LogP contribution is -2.04. The SMILES string of the molecule is CCSc1oc(-c2ccc(Br)cc2)cc1C(F)(F)F. The number of hydrogen-bond donors (Lipinski definition) is 0. The van der Waals surface area contributed by atoms with E-state index in [1.165, 1.54) is 0 Å². The second-order valence-electron chi connectivity index (χ2n) is 3.75. The van der Waals surface area contributed by atoms with Gasteiger partial charge in [-0.05, 0) is 24.0 Å². The molecule has 0 bridgehead atoms. The van der Waals surface area contributed by atoms with Crippen molar-refractivity contribution in [3.05, 3.63) is 40.4 Å². The Bertz CT molecular complexity index is 560. The monoisotopic (exact) mass is 350 g/mol. The minimum atomic E-state index is -4.39. The molecule has 0 atom stereocenters. The van der Waals surface area contributed by atoms with Crippen molar-refractivity contribution in [1.82, 2.24) is 0 Å². The van der Waals surface area contributed by atoms with E-state index >= 15 is 0 Å². The van der Waals surface area contributed by atoms with Crippen LogP contribution in [0.1, 0.15) is 12.5 Å². The molecule has 102 valence electrons. The van der Waals surface area contributed by atoms with Crippen molar-refractivity contribution >= 4 is 27.7 Å². The van der Waals surface area contributed by atoms with Gasteiger partial charge in [0, 0.05) is 10.0 Å². The van der Waals surface area contributed by atoms with Crippen LogP contribution in [0.15, 0.2) is 44.3 Å². The van der Waals surface area contributed by atoms with Crippen molar-refractivity contribution < 1.29 is 17.6 Å². The van der Waals surface area contributed by atoms with Crippen LogP contribution in [0.3, 0.4) is 0 Å². The van der Waals surface area contributed by atoms with Crippen LogP contribution in [0, 0.1) is 0 Å². The van der Waals surface area contributed by atoms with Crippen LogP contribution in [0.5, 0.6) is 0 Å². The fraction of sp³-hybridized carbons (Fsp3) is 0.231. The van der Waals surface area contributed by atoms with Crippen LogP contribution < -0.4 is 0 Å². The summed E-state index contributed by atoms with van der Waals surface area (Å²) in [5, 5.41) is -0.0760. The van der Waals surface area contributed by atoms with Gasteiger partial charge in [0.2, 0.25) is 0 Å². The van der Waals surface area contributed by atoms with Gasteiger partial charge in [0.25, 0.3) is 0 Å². The molecule has 2 aromatic rings. The van der Waals surface area contributed by atoms with E-state index in [-0.39, 0.29) is 10.9 Å². The molecule has 2 rings (SSSR count). The third-order valence-electron chi connectivity index (χ3n) is 2.41. The first-order valence-electron chi connectivity index (χ1n) is 5.51. The van der Waals surface area contributed by atoms with Gasteiger partial charge in [-0.15, -0.1) is 0 Å². The zero-order valence-corrected chi connectivity index (χ0v) is 12.3. The Hall–Kier alpha value is -0.880. The average molecular weight is 351 g/mol. The Labute approximate surface area is 121 Å². The highest BCUT2D eigenvalue weighted by atomic mass is 79.9. The molecule has 0 aliphatic heterocycles. The Morgan fingerprint density at radius 2 is 1.84 bits per heavy atom. The van der Waals surface area contributed by atoms with Crippen molar-refractivity contribution in [1.29, 1.82) is 0 Å². The lowest BCUT2D eigenvalue weighted by atomic mass is 10.1. The molecule has 19 heavy (non-hydrogen) atoms. The van der Waals surface area contributed by atoms with Crippen molar-refractivity contribution in [3.8, 4) is 11.3 Å². The summed E-state index contributed by atoms with van der Waals surface area (Å²) in [4.78, 5) is 0. The second kappa shape index (κ2) is 5.63. The highest BCUT2D eigenvalue weighted by molar-refractivity contribution is 9.10. The molecule has 0 N–H and O–H groups in total. The molecule has 0 spiro atoms. The predicted molar refractivity (Wildman–Crippen MR) is 73.2 cm³/mol. The predicted octanol–water partition coefficient (Wildman–Crippen LogP) is 5.84. The standard InChI is InChI=1S/C13H10BrF3OS/c1-2-19-12-10(13(15,16)17)7-11(18-12)8-3-5-9(14)6-4-8/h3-7H,2H2,1H3. The summed E-state index contributed by atoms with van der Waals surface area (Å²) in [6.07, 6.45) is -4.39. The van der Waals surface area contributed by atoms with Crippen LogP contribution in [-0.4, -0.2) is 5.75 Å². The van der Waals surface area contributed by atoms with Crippen LogP contribution >= 0.6 is 27.7 Å². The summed E-state index contributed by atoms with van der Waals surface area (Å²) < 4.78 is 44.9. The summed E-state index contributed by atoms with van der Waals surface area (Å²) in [5.41, 5.74) is -0.0890. The molecule has 0 radical (unpaired) electrons. The molecular weight excluding hydrogens is 341 g/mol. The van der Waals surface area contributed by atoms with Gasteiger partial charge in [-0.1, -0.05) is 46.7 Å². The molecule has 1 aromatic heterocycles. The average Bonchev–Trinajstić information content (AvgIpc) is 2.74. The van der Waals surface area contributed by atoms with Gasteiger partial charge in [-0.2, -0.15) is 13.2 Å². The van der Waals surface area contributed by atoms with E-state index < -0.39 is 11.7 Å². The molecule has 1 aromatic carbocycles. The van der Waals surface area contributed by atoms with E-state index in [1.54, 1.807) is 31.2 Å². The maximum atomic E-state index is 12.9. The third-order valence-corrected chi connectivity index (χ3v) is 3.79. The molecule has 0 saturated heterocycles. The maximum Gasteiger partial charge on any atom is 0.420 e. The summed E-state index contributed by atoms with van der Waals surface area (Å²) in [6, 6.07) is 8.00. The molecule has 1 nitrogen and oxygen atoms in total. The Balaban J connectivity index is 2.45. The fourth-order valence-corrected chi connectivity index (χ4v) is 2.57. The van der Waals surface area contributed by atoms with Gasteiger partial charge in [0.1, 0.15) is 11.3 Å². The molecule has 1 heterocycles. The quantitative estimate of drug-likeness (QED) is 0.645. The molecule has 0 aliphatic carbocycles. The lowest BCUT2D eigenvalue weighted by molar-refractivity contribution is -0.140. The first-order valence-corrected chi connectivity index (χ1v) is 7.29. The summed E-state index contributed by atoms with van der Waals surface area (Å²) in [5.74, 6) is 0.756. The first kappa shape index (κ1) is 14.5. The third kappa shape index (κ3) is 3.36. The van der Waals surface area contributed by atoms with E-state index in [4.69, 9.17) is 4.42 Å². The highest BCUT2D eigenvalue weighted by Crippen LogP contribution is 2.41. The maximum absolute atomic E-state index is 12.9. The van der Waals surface area contributed by atoms with E-state index in [0.717, 1.165) is 22.3 Å². The number of hydrogen-bond acceptors (Lipinski definition) is 2. The minimum absolute atomic E-state index is 0.0760. The molecule has 0 fully saturated rings. The van der Waals surface area contributed by atoms with Gasteiger partial charge in [-0.3, -0.25) is 0 Å². The van der Waals surface area contributed by atoms with Gasteiger partial charge in [0.05, 0.1) is 0 Å². The highest BCUT2D eigenvalue weighted by Gasteiger charge is 2.36. The molecule has 6 heteroatoms. The number of halogens is 4. The number of furan rings is 1. The number of thioether (sulfide) groups is 1. The summed E-state index contributed by atoms with van der Waals surface area (Å²) in [7, 11) is 0. The lowest BCUT2D eigenvalue weighted by Gasteiger charge is -2.04. The molecule has 0 saturated carbocycles. The zero-order chi connectivity index (χ0) is 14.0. The number of benzene rings is 1. The van der Waals surface area contributed by atoms with Crippen molar-refractivity contribution in [2.45, 2.75) is 18.2 Å². The Kier molecular flexibility index (Phi) is 4.30. The Morgan fingerprint density at radius 3 is 2.37 bits per heavy atom. The fourth-order valence-electron chi connectivity index (χ4n) is 1.57. The normalized spacial score (nSPS) is 11.8. The zero-order valence-electron chi connectivity index (χ0n) is 9.92. The van der Waals surface area contributed by atoms with Crippen LogP contribution in [0.4, 0.5) is 13.2 Å². The minimum Gasteiger partial charge on any atom is -0.449 e. The van der Waals surface area contributed by atoms with Crippen LogP contribution in [0.25, 0.3) is 11.3 Å². The largest absolute Gasteiger partial charge is 0.449 e. The number of alkyl halides is 3. The second-order valence-corrected chi connectivity index (χ2v) is 5.90. The van der Waals surface area contributed by atoms with E-state index in [1.807, 2.05) is 0 Å². The van der Waals surface area contributed by atoms with Crippen molar-refractivity contribution in [2.24, 2.45) is 0 Å². The number of rotatable bonds is 3. The smallest absolute Gasteiger partial charge is 0.420 e. The van der Waals surface area contributed by atoms with Gasteiger partial charge >= 0.3 is 6.18 Å². The van der Waals surface area contributed by atoms with Crippen LogP contribution in [0.2, 0.25) is 0 Å². The van der Waals surface area contributed by atoms with Crippen LogP contribution in [-0.2, 0) is 6.18 Å². The molecule has 0 amide bonds. The first-order chi connectivity index (χ1) is 8.91. The van der Waals surface area contributed by atoms with Crippen molar-refractivity contribution in [3.63, 3.8) is 0 Å². The topological polar surface area (TPSA) is 13.1 Å². The van der Waals surface area contributed by atoms with Gasteiger partial charge in [0.15, 0.2) is 5.09 Å². The summed E-state index contributed by atoms with van der Waals surface area (Å²) >= 11 is 4.33. The van der Waals surface area contributed by atoms with E-state index in [0.29, 0.717) is 11.3 Å². The summed E-state index contributed by atoms with van der Waals surface area (Å²) in [6.45, 7) is 1.78. The molecule has 0 unspecified atom stereocenters. The molecule has 0 aliphatic rings. The molecular formula is C13H10BrF3OS. The van der Waals surface area contributed by atoms with E-state index in [2.05, 4.69) is 15.9 Å². The van der Waals surface area contributed by atoms with E-state index in [9.17, 15) is 13.2 Å². The van der Waals surface area contributed by atoms with Crippen molar-refractivity contribution in [2.75, 3.05) is 5.75 Å².